The molecular formula is C21H15ClN2O4S. The molecule has 1 aromatic heterocycles. The number of furan rings is 1. The van der Waals surface area contributed by atoms with Gasteiger partial charge in [0.25, 0.3) is 5.91 Å². The summed E-state index contributed by atoms with van der Waals surface area (Å²) in [7, 11) is 0. The molecule has 29 heavy (non-hydrogen) atoms. The van der Waals surface area contributed by atoms with Crippen molar-refractivity contribution in [3.8, 4) is 11.3 Å². The molecule has 0 aliphatic carbocycles. The van der Waals surface area contributed by atoms with E-state index in [2.05, 4.69) is 10.3 Å². The first kappa shape index (κ1) is 19.5. The third-order valence-electron chi connectivity index (χ3n) is 4.09. The lowest BCUT2D eigenvalue weighted by Crippen LogP contribution is -2.19. The van der Waals surface area contributed by atoms with E-state index < -0.39 is 6.29 Å². The minimum atomic E-state index is -1.55. The fourth-order valence-corrected chi connectivity index (χ4v) is 3.69. The normalized spacial score (nSPS) is 16.8. The number of carbonyl (C=O) groups excluding carboxylic acids is 1. The minimum absolute atomic E-state index is 0.274. The Labute approximate surface area is 175 Å². The third kappa shape index (κ3) is 4.44. The summed E-state index contributed by atoms with van der Waals surface area (Å²) in [4.78, 5) is 17.1. The second kappa shape index (κ2) is 8.26. The maximum absolute atomic E-state index is 12.2. The summed E-state index contributed by atoms with van der Waals surface area (Å²) in [5.74, 6) is 0.767. The van der Waals surface area contributed by atoms with Crippen molar-refractivity contribution in [2.24, 2.45) is 4.99 Å². The maximum atomic E-state index is 12.2. The Morgan fingerprint density at radius 2 is 1.93 bits per heavy atom. The van der Waals surface area contributed by atoms with Crippen molar-refractivity contribution < 1.29 is 19.4 Å². The molecule has 0 unspecified atom stereocenters. The topological polar surface area (TPSA) is 95.1 Å². The van der Waals surface area contributed by atoms with Gasteiger partial charge in [0.1, 0.15) is 11.5 Å². The number of nitrogens with one attached hydrogen (secondary N) is 1. The summed E-state index contributed by atoms with van der Waals surface area (Å²) in [5, 5.41) is 22.3. The molecule has 8 heteroatoms. The minimum Gasteiger partial charge on any atom is -0.457 e. The number of amidine groups is 1. The summed E-state index contributed by atoms with van der Waals surface area (Å²) < 4.78 is 5.79. The molecule has 146 valence electrons. The number of halogens is 1. The highest BCUT2D eigenvalue weighted by molar-refractivity contribution is 8.18. The first-order valence-electron chi connectivity index (χ1n) is 8.60. The van der Waals surface area contributed by atoms with Gasteiger partial charge in [-0.15, -0.1) is 0 Å². The molecular weight excluding hydrogens is 412 g/mol. The molecule has 6 nitrogen and oxygen atoms in total. The second-order valence-corrected chi connectivity index (χ2v) is 7.57. The van der Waals surface area contributed by atoms with E-state index in [1.165, 1.54) is 11.8 Å². The van der Waals surface area contributed by atoms with Gasteiger partial charge in [0, 0.05) is 17.2 Å². The highest BCUT2D eigenvalue weighted by Gasteiger charge is 2.24. The Morgan fingerprint density at radius 1 is 1.10 bits per heavy atom. The van der Waals surface area contributed by atoms with Crippen molar-refractivity contribution in [2.45, 2.75) is 6.29 Å². The zero-order chi connectivity index (χ0) is 20.4. The molecule has 3 N–H and O–H groups in total. The van der Waals surface area contributed by atoms with E-state index >= 15 is 0 Å². The number of hydrogen-bond donors (Lipinski definition) is 3. The van der Waals surface area contributed by atoms with Gasteiger partial charge < -0.3 is 19.9 Å². The molecule has 1 aliphatic rings. The first-order valence-corrected chi connectivity index (χ1v) is 9.79. The lowest BCUT2D eigenvalue weighted by Gasteiger charge is -2.04. The first-order chi connectivity index (χ1) is 14.0. The van der Waals surface area contributed by atoms with Gasteiger partial charge in [0.2, 0.25) is 0 Å². The van der Waals surface area contributed by atoms with Crippen LogP contribution in [0.3, 0.4) is 0 Å². The van der Waals surface area contributed by atoms with Crippen LogP contribution in [0.15, 0.2) is 75.0 Å². The molecule has 1 amide bonds. The molecule has 2 aromatic carbocycles. The number of benzene rings is 2. The molecule has 0 radical (unpaired) electrons. The molecule has 0 bridgehead atoms. The van der Waals surface area contributed by atoms with Crippen molar-refractivity contribution in [3.63, 3.8) is 0 Å². The predicted octanol–water partition coefficient (Wildman–Crippen LogP) is 4.47. The molecule has 1 aliphatic heterocycles. The van der Waals surface area contributed by atoms with Crippen LogP contribution in [-0.4, -0.2) is 21.3 Å². The van der Waals surface area contributed by atoms with Gasteiger partial charge in [-0.1, -0.05) is 41.9 Å². The smallest absolute Gasteiger partial charge is 0.264 e. The van der Waals surface area contributed by atoms with Gasteiger partial charge >= 0.3 is 0 Å². The number of thioether (sulfide) groups is 1. The van der Waals surface area contributed by atoms with E-state index in [9.17, 15) is 15.0 Å². The van der Waals surface area contributed by atoms with E-state index in [-0.39, 0.29) is 5.91 Å². The van der Waals surface area contributed by atoms with E-state index in [4.69, 9.17) is 16.0 Å². The Hall–Kier alpha value is -2.84. The van der Waals surface area contributed by atoms with Gasteiger partial charge in [0.05, 0.1) is 15.6 Å². The summed E-state index contributed by atoms with van der Waals surface area (Å²) in [6, 6.07) is 17.4. The van der Waals surface area contributed by atoms with Gasteiger partial charge in [-0.25, -0.2) is 4.99 Å². The summed E-state index contributed by atoms with van der Waals surface area (Å²) in [5.41, 5.74) is 1.64. The molecule has 0 saturated carbocycles. The molecule has 0 spiro atoms. The van der Waals surface area contributed by atoms with Crippen molar-refractivity contribution in [1.29, 1.82) is 0 Å². The lowest BCUT2D eigenvalue weighted by molar-refractivity contribution is -0.115. The Morgan fingerprint density at radius 3 is 2.72 bits per heavy atom. The Bertz CT molecular complexity index is 1140. The molecule has 3 aromatic rings. The van der Waals surface area contributed by atoms with E-state index in [0.717, 1.165) is 0 Å². The van der Waals surface area contributed by atoms with Crippen LogP contribution >= 0.6 is 23.4 Å². The van der Waals surface area contributed by atoms with Gasteiger partial charge in [-0.05, 0) is 42.1 Å². The molecule has 1 fully saturated rings. The maximum Gasteiger partial charge on any atom is 0.264 e. The lowest BCUT2D eigenvalue weighted by atomic mass is 10.1. The zero-order valence-corrected chi connectivity index (χ0v) is 16.4. The Balaban J connectivity index is 1.56. The van der Waals surface area contributed by atoms with Crippen LogP contribution in [0, 0.1) is 0 Å². The SMILES string of the molecule is O=C1NC(=Nc2ccccc2Cl)S/C1=C\c1ccc(-c2cccc(C(O)O)c2)o1. The fourth-order valence-electron chi connectivity index (χ4n) is 2.70. The molecule has 2 heterocycles. The number of rotatable bonds is 4. The van der Waals surface area contributed by atoms with Crippen molar-refractivity contribution in [3.05, 3.63) is 81.9 Å². The van der Waals surface area contributed by atoms with Gasteiger partial charge in [-0.2, -0.15) is 0 Å². The van der Waals surface area contributed by atoms with Crippen molar-refractivity contribution in [1.82, 2.24) is 5.32 Å². The van der Waals surface area contributed by atoms with Gasteiger partial charge in [-0.3, -0.25) is 4.79 Å². The highest BCUT2D eigenvalue weighted by atomic mass is 35.5. The molecule has 1 saturated heterocycles. The molecule has 0 atom stereocenters. The summed E-state index contributed by atoms with van der Waals surface area (Å²) in [6.07, 6.45) is 0.0736. The number of para-hydroxylation sites is 1. The average Bonchev–Trinajstić information content (AvgIpc) is 3.31. The van der Waals surface area contributed by atoms with Crippen molar-refractivity contribution in [2.75, 3.05) is 0 Å². The fraction of sp³-hybridized carbons (Fsp3) is 0.0476. The predicted molar refractivity (Wildman–Crippen MR) is 114 cm³/mol. The quantitative estimate of drug-likeness (QED) is 0.422. The number of amides is 1. The number of hydrogen-bond acceptors (Lipinski definition) is 6. The number of aliphatic hydroxyl groups is 2. The van der Waals surface area contributed by atoms with Crippen molar-refractivity contribution >= 4 is 46.2 Å². The van der Waals surface area contributed by atoms with Crippen LogP contribution in [-0.2, 0) is 4.79 Å². The number of aliphatic hydroxyl groups excluding tert-OH is 1. The number of nitrogens with zero attached hydrogens (tertiary/aromatic N) is 1. The Kier molecular flexibility index (Phi) is 5.55. The summed E-state index contributed by atoms with van der Waals surface area (Å²) in [6.45, 7) is 0. The number of aliphatic imine (C=N–C) groups is 1. The third-order valence-corrected chi connectivity index (χ3v) is 5.32. The van der Waals surface area contributed by atoms with Gasteiger partial charge in [0.15, 0.2) is 11.5 Å². The summed E-state index contributed by atoms with van der Waals surface area (Å²) >= 11 is 7.30. The van der Waals surface area contributed by atoms with Crippen LogP contribution in [0.1, 0.15) is 17.6 Å². The average molecular weight is 427 g/mol. The van der Waals surface area contributed by atoms with E-state index in [1.54, 1.807) is 54.6 Å². The monoisotopic (exact) mass is 426 g/mol. The van der Waals surface area contributed by atoms with Crippen LogP contribution in [0.2, 0.25) is 5.02 Å². The largest absolute Gasteiger partial charge is 0.457 e. The van der Waals surface area contributed by atoms with Crippen LogP contribution < -0.4 is 5.32 Å². The standard InChI is InChI=1S/C21H15ClN2O4S/c22-15-6-1-2-7-16(15)23-21-24-19(25)18(29-21)11-14-8-9-17(28-14)12-4-3-5-13(10-12)20(26)27/h1-11,20,26-27H,(H,23,24,25)/b18-11-. The van der Waals surface area contributed by atoms with Crippen LogP contribution in [0.25, 0.3) is 17.4 Å². The highest BCUT2D eigenvalue weighted by Crippen LogP contribution is 2.32. The van der Waals surface area contributed by atoms with E-state index in [0.29, 0.717) is 43.4 Å². The number of carbonyl (C=O) groups is 1. The second-order valence-electron chi connectivity index (χ2n) is 6.13. The zero-order valence-electron chi connectivity index (χ0n) is 14.9. The molecule has 4 rings (SSSR count). The van der Waals surface area contributed by atoms with E-state index in [1.807, 2.05) is 12.1 Å². The van der Waals surface area contributed by atoms with Crippen LogP contribution in [0.5, 0.6) is 0 Å². The van der Waals surface area contributed by atoms with Crippen LogP contribution in [0.4, 0.5) is 5.69 Å².